The summed E-state index contributed by atoms with van der Waals surface area (Å²) in [5.74, 6) is 0. The first-order valence-corrected chi connectivity index (χ1v) is 6.83. The summed E-state index contributed by atoms with van der Waals surface area (Å²) in [5, 5.41) is 7.64. The van der Waals surface area contributed by atoms with Gasteiger partial charge < -0.3 is 15.1 Å². The van der Waals surface area contributed by atoms with E-state index in [1.807, 2.05) is 17.9 Å². The van der Waals surface area contributed by atoms with Crippen molar-refractivity contribution >= 4 is 0 Å². The van der Waals surface area contributed by atoms with Crippen molar-refractivity contribution in [3.8, 4) is 0 Å². The zero-order valence-electron chi connectivity index (χ0n) is 11.6. The summed E-state index contributed by atoms with van der Waals surface area (Å²) in [7, 11) is 4.15. The Morgan fingerprint density at radius 3 is 3.06 bits per heavy atom. The van der Waals surface area contributed by atoms with Gasteiger partial charge in [-0.25, -0.2) is 0 Å². The van der Waals surface area contributed by atoms with Crippen molar-refractivity contribution in [2.45, 2.75) is 13.0 Å². The lowest BCUT2D eigenvalue weighted by atomic mass is 10.3. The van der Waals surface area contributed by atoms with Crippen molar-refractivity contribution < 1.29 is 0 Å². The van der Waals surface area contributed by atoms with Gasteiger partial charge in [0.05, 0.1) is 6.20 Å². The molecule has 2 rings (SSSR count). The highest BCUT2D eigenvalue weighted by Crippen LogP contribution is 2.02. The van der Waals surface area contributed by atoms with Gasteiger partial charge in [0.15, 0.2) is 0 Å². The minimum atomic E-state index is 0.986. The Morgan fingerprint density at radius 1 is 1.39 bits per heavy atom. The molecule has 18 heavy (non-hydrogen) atoms. The van der Waals surface area contributed by atoms with Crippen LogP contribution >= 0.6 is 0 Å². The van der Waals surface area contributed by atoms with Crippen LogP contribution in [0.5, 0.6) is 0 Å². The highest BCUT2D eigenvalue weighted by Gasteiger charge is 2.09. The smallest absolute Gasteiger partial charge is 0.0534 e. The zero-order valence-corrected chi connectivity index (χ0v) is 11.6. The maximum absolute atomic E-state index is 4.20. The summed E-state index contributed by atoms with van der Waals surface area (Å²) in [4.78, 5) is 4.93. The summed E-state index contributed by atoms with van der Waals surface area (Å²) in [5.41, 5.74) is 1.29. The molecule has 0 amide bonds. The second-order valence-electron chi connectivity index (χ2n) is 5.21. The zero-order chi connectivity index (χ0) is 12.8. The van der Waals surface area contributed by atoms with Crippen molar-refractivity contribution in [1.82, 2.24) is 24.9 Å². The topological polar surface area (TPSA) is 36.3 Å². The predicted octanol–water partition coefficient (Wildman–Crippen LogP) is 0.147. The standard InChI is InChI=1S/C13H25N5/c1-16(11-13-10-15-17(2)12-13)8-9-18-6-3-4-14-5-7-18/h10,12,14H,3-9,11H2,1-2H3. The lowest BCUT2D eigenvalue weighted by molar-refractivity contribution is 0.231. The maximum atomic E-state index is 4.20. The molecule has 1 aromatic heterocycles. The second kappa shape index (κ2) is 6.87. The van der Waals surface area contributed by atoms with E-state index < -0.39 is 0 Å². The quantitative estimate of drug-likeness (QED) is 0.808. The van der Waals surface area contributed by atoms with Crippen LogP contribution in [-0.2, 0) is 13.6 Å². The van der Waals surface area contributed by atoms with Crippen LogP contribution in [0.3, 0.4) is 0 Å². The molecule has 1 N–H and O–H groups in total. The number of nitrogens with zero attached hydrogens (tertiary/aromatic N) is 4. The molecule has 102 valence electrons. The fraction of sp³-hybridized carbons (Fsp3) is 0.769. The van der Waals surface area contributed by atoms with Crippen LogP contribution in [0, 0.1) is 0 Å². The Balaban J connectivity index is 1.69. The van der Waals surface area contributed by atoms with E-state index in [-0.39, 0.29) is 0 Å². The van der Waals surface area contributed by atoms with Crippen molar-refractivity contribution in [3.05, 3.63) is 18.0 Å². The molecule has 0 saturated carbocycles. The maximum Gasteiger partial charge on any atom is 0.0534 e. The first-order chi connectivity index (χ1) is 8.74. The molecule has 0 aromatic carbocycles. The van der Waals surface area contributed by atoms with E-state index in [0.717, 1.165) is 19.6 Å². The average molecular weight is 251 g/mol. The van der Waals surface area contributed by atoms with Crippen LogP contribution < -0.4 is 5.32 Å². The Hall–Kier alpha value is -0.910. The molecule has 1 aromatic rings. The van der Waals surface area contributed by atoms with Gasteiger partial charge in [-0.05, 0) is 26.6 Å². The lowest BCUT2D eigenvalue weighted by Gasteiger charge is -2.23. The van der Waals surface area contributed by atoms with Gasteiger partial charge in [0.2, 0.25) is 0 Å². The van der Waals surface area contributed by atoms with Gasteiger partial charge in [0, 0.05) is 51.5 Å². The molecule has 2 heterocycles. The number of aromatic nitrogens is 2. The fourth-order valence-electron chi connectivity index (χ4n) is 2.38. The molecule has 0 aliphatic carbocycles. The van der Waals surface area contributed by atoms with Gasteiger partial charge in [-0.1, -0.05) is 0 Å². The molecule has 0 bridgehead atoms. The molecule has 1 aliphatic heterocycles. The monoisotopic (exact) mass is 251 g/mol. The van der Waals surface area contributed by atoms with Gasteiger partial charge in [0.1, 0.15) is 0 Å². The summed E-state index contributed by atoms with van der Waals surface area (Å²) >= 11 is 0. The third-order valence-corrected chi connectivity index (χ3v) is 3.44. The Bertz CT molecular complexity index is 341. The van der Waals surface area contributed by atoms with Crippen LogP contribution in [0.1, 0.15) is 12.0 Å². The Kier molecular flexibility index (Phi) is 5.16. The van der Waals surface area contributed by atoms with Crippen molar-refractivity contribution in [2.75, 3.05) is 46.3 Å². The minimum absolute atomic E-state index is 0.986. The van der Waals surface area contributed by atoms with E-state index in [1.54, 1.807) is 0 Å². The number of aryl methyl sites for hydroxylation is 1. The second-order valence-corrected chi connectivity index (χ2v) is 5.21. The first kappa shape index (κ1) is 13.5. The summed E-state index contributed by atoms with van der Waals surface area (Å²) < 4.78 is 1.86. The van der Waals surface area contributed by atoms with Crippen LogP contribution in [-0.4, -0.2) is 65.9 Å². The molecule has 5 nitrogen and oxygen atoms in total. The highest BCUT2D eigenvalue weighted by molar-refractivity contribution is 5.02. The molecule has 1 fully saturated rings. The predicted molar refractivity (Wildman–Crippen MR) is 73.5 cm³/mol. The van der Waals surface area contributed by atoms with Gasteiger partial charge in [-0.2, -0.15) is 5.10 Å². The number of likely N-dealkylation sites (N-methyl/N-ethyl adjacent to an activating group) is 1. The average Bonchev–Trinajstić information content (AvgIpc) is 2.62. The Morgan fingerprint density at radius 2 is 2.28 bits per heavy atom. The van der Waals surface area contributed by atoms with Crippen molar-refractivity contribution in [2.24, 2.45) is 7.05 Å². The van der Waals surface area contributed by atoms with E-state index in [0.29, 0.717) is 0 Å². The first-order valence-electron chi connectivity index (χ1n) is 6.83. The summed E-state index contributed by atoms with van der Waals surface area (Å²) in [6, 6.07) is 0. The van der Waals surface area contributed by atoms with E-state index in [9.17, 15) is 0 Å². The number of rotatable bonds is 5. The van der Waals surface area contributed by atoms with Crippen LogP contribution in [0.25, 0.3) is 0 Å². The van der Waals surface area contributed by atoms with Crippen molar-refractivity contribution in [3.63, 3.8) is 0 Å². The molecule has 1 aliphatic rings. The Labute approximate surface area is 110 Å². The minimum Gasteiger partial charge on any atom is -0.315 e. The van der Waals surface area contributed by atoms with E-state index >= 15 is 0 Å². The van der Waals surface area contributed by atoms with Crippen LogP contribution in [0.2, 0.25) is 0 Å². The lowest BCUT2D eigenvalue weighted by Crippen LogP contribution is -2.35. The van der Waals surface area contributed by atoms with Gasteiger partial charge in [0.25, 0.3) is 0 Å². The SMILES string of the molecule is CN(CCN1CCCNCC1)Cc1cnn(C)c1. The number of hydrogen-bond acceptors (Lipinski definition) is 4. The molecular formula is C13H25N5. The van der Waals surface area contributed by atoms with Crippen LogP contribution in [0.4, 0.5) is 0 Å². The van der Waals surface area contributed by atoms with Crippen LogP contribution in [0.15, 0.2) is 12.4 Å². The van der Waals surface area contributed by atoms with E-state index in [1.165, 1.54) is 38.2 Å². The molecule has 0 spiro atoms. The van der Waals surface area contributed by atoms with Gasteiger partial charge in [-0.3, -0.25) is 4.68 Å². The van der Waals surface area contributed by atoms with Gasteiger partial charge >= 0.3 is 0 Å². The van der Waals surface area contributed by atoms with E-state index in [4.69, 9.17) is 0 Å². The highest BCUT2D eigenvalue weighted by atomic mass is 15.2. The molecule has 0 unspecified atom stereocenters. The molecule has 0 radical (unpaired) electrons. The molecule has 5 heteroatoms. The third kappa shape index (κ3) is 4.40. The van der Waals surface area contributed by atoms with E-state index in [2.05, 4.69) is 33.5 Å². The third-order valence-electron chi connectivity index (χ3n) is 3.44. The summed E-state index contributed by atoms with van der Waals surface area (Å²) in [6.45, 7) is 7.98. The van der Waals surface area contributed by atoms with Gasteiger partial charge in [-0.15, -0.1) is 0 Å². The fourth-order valence-corrected chi connectivity index (χ4v) is 2.38. The number of hydrogen-bond donors (Lipinski definition) is 1. The largest absolute Gasteiger partial charge is 0.315 e. The number of nitrogens with one attached hydrogen (secondary N) is 1. The van der Waals surface area contributed by atoms with Crippen molar-refractivity contribution in [1.29, 1.82) is 0 Å². The molecule has 1 saturated heterocycles. The summed E-state index contributed by atoms with van der Waals surface area (Å²) in [6.07, 6.45) is 5.31. The molecular weight excluding hydrogens is 226 g/mol. The normalized spacial score (nSPS) is 18.2. The molecule has 0 atom stereocenters.